The Labute approximate surface area is 119 Å². The summed E-state index contributed by atoms with van der Waals surface area (Å²) >= 11 is 0. The minimum Gasteiger partial charge on any atom is -0.344 e. The van der Waals surface area contributed by atoms with E-state index in [0.29, 0.717) is 5.69 Å². The lowest BCUT2D eigenvalue weighted by Gasteiger charge is -2.17. The lowest BCUT2D eigenvalue weighted by Crippen LogP contribution is -2.29. The second kappa shape index (κ2) is 6.28. The summed E-state index contributed by atoms with van der Waals surface area (Å²) in [4.78, 5) is 20.3. The smallest absolute Gasteiger partial charge is 0.271 e. The summed E-state index contributed by atoms with van der Waals surface area (Å²) in [5.74, 6) is -0.190. The van der Waals surface area contributed by atoms with E-state index in [0.717, 1.165) is 17.7 Å². The van der Waals surface area contributed by atoms with Gasteiger partial charge in [0, 0.05) is 6.20 Å². The molecule has 1 aromatic heterocycles. The molecule has 1 N–H and O–H groups in total. The van der Waals surface area contributed by atoms with Crippen molar-refractivity contribution in [1.29, 1.82) is 0 Å². The molecule has 0 aliphatic heterocycles. The highest BCUT2D eigenvalue weighted by atomic mass is 16.1. The topological polar surface area (TPSA) is 54.9 Å². The highest BCUT2D eigenvalue weighted by Crippen LogP contribution is 2.17. The summed E-state index contributed by atoms with van der Waals surface area (Å²) in [6.07, 6.45) is 3.93. The maximum atomic E-state index is 12.2. The van der Waals surface area contributed by atoms with Gasteiger partial charge in [-0.25, -0.2) is 4.98 Å². The van der Waals surface area contributed by atoms with Crippen LogP contribution in [0.15, 0.2) is 36.7 Å². The van der Waals surface area contributed by atoms with Crippen molar-refractivity contribution in [1.82, 2.24) is 15.3 Å². The van der Waals surface area contributed by atoms with Gasteiger partial charge < -0.3 is 5.32 Å². The second-order valence-electron chi connectivity index (χ2n) is 4.89. The first-order chi connectivity index (χ1) is 9.60. The lowest BCUT2D eigenvalue weighted by molar-refractivity contribution is 0.0930. The van der Waals surface area contributed by atoms with Crippen LogP contribution in [0.2, 0.25) is 0 Å². The van der Waals surface area contributed by atoms with Gasteiger partial charge in [0.1, 0.15) is 5.69 Å². The number of carbonyl (C=O) groups is 1. The van der Waals surface area contributed by atoms with Gasteiger partial charge in [0.15, 0.2) is 0 Å². The molecule has 2 rings (SSSR count). The van der Waals surface area contributed by atoms with E-state index in [-0.39, 0.29) is 11.9 Å². The van der Waals surface area contributed by atoms with Crippen LogP contribution >= 0.6 is 0 Å². The van der Waals surface area contributed by atoms with E-state index in [1.165, 1.54) is 11.8 Å². The second-order valence-corrected chi connectivity index (χ2v) is 4.89. The monoisotopic (exact) mass is 269 g/mol. The Morgan fingerprint density at radius 2 is 1.85 bits per heavy atom. The van der Waals surface area contributed by atoms with Crippen LogP contribution in [0.25, 0.3) is 0 Å². The summed E-state index contributed by atoms with van der Waals surface area (Å²) in [6, 6.07) is 8.19. The zero-order valence-corrected chi connectivity index (χ0v) is 12.1. The molecule has 1 aromatic carbocycles. The number of aryl methyl sites for hydroxylation is 2. The van der Waals surface area contributed by atoms with E-state index < -0.39 is 0 Å². The molecule has 4 nitrogen and oxygen atoms in total. The molecule has 0 saturated carbocycles. The van der Waals surface area contributed by atoms with E-state index >= 15 is 0 Å². The van der Waals surface area contributed by atoms with Crippen LogP contribution in [-0.4, -0.2) is 15.9 Å². The molecule has 0 radical (unpaired) electrons. The Hall–Kier alpha value is -2.23. The van der Waals surface area contributed by atoms with Gasteiger partial charge in [-0.1, -0.05) is 36.8 Å². The fourth-order valence-corrected chi connectivity index (χ4v) is 1.96. The van der Waals surface area contributed by atoms with Crippen LogP contribution in [0.3, 0.4) is 0 Å². The molecule has 1 atom stereocenters. The zero-order chi connectivity index (χ0) is 14.5. The number of rotatable bonds is 4. The molecule has 0 spiro atoms. The number of hydrogen-bond donors (Lipinski definition) is 1. The highest BCUT2D eigenvalue weighted by molar-refractivity contribution is 5.92. The number of nitrogens with zero attached hydrogens (tertiary/aromatic N) is 2. The number of carbonyl (C=O) groups excluding carboxylic acids is 1. The summed E-state index contributed by atoms with van der Waals surface area (Å²) in [5, 5.41) is 3.00. The van der Waals surface area contributed by atoms with Gasteiger partial charge in [0.05, 0.1) is 17.9 Å². The molecular formula is C16H19N3O. The summed E-state index contributed by atoms with van der Waals surface area (Å²) in [6.45, 7) is 5.94. The molecular weight excluding hydrogens is 250 g/mol. The van der Waals surface area contributed by atoms with E-state index in [1.54, 1.807) is 6.20 Å². The van der Waals surface area contributed by atoms with Gasteiger partial charge in [-0.2, -0.15) is 0 Å². The fourth-order valence-electron chi connectivity index (χ4n) is 1.96. The third-order valence-corrected chi connectivity index (χ3v) is 3.21. The molecule has 0 fully saturated rings. The Kier molecular flexibility index (Phi) is 4.45. The van der Waals surface area contributed by atoms with Crippen LogP contribution in [0.1, 0.15) is 46.7 Å². The molecule has 1 heterocycles. The minimum absolute atomic E-state index is 0.00815. The molecule has 1 amide bonds. The van der Waals surface area contributed by atoms with E-state index in [4.69, 9.17) is 0 Å². The predicted molar refractivity (Wildman–Crippen MR) is 78.4 cm³/mol. The van der Waals surface area contributed by atoms with Crippen LogP contribution in [0.5, 0.6) is 0 Å². The summed E-state index contributed by atoms with van der Waals surface area (Å²) in [5.41, 5.74) is 3.46. The molecule has 2 aromatic rings. The van der Waals surface area contributed by atoms with Gasteiger partial charge in [-0.15, -0.1) is 0 Å². The Morgan fingerprint density at radius 1 is 1.15 bits per heavy atom. The van der Waals surface area contributed by atoms with Crippen LogP contribution in [0.4, 0.5) is 0 Å². The van der Waals surface area contributed by atoms with Crippen LogP contribution < -0.4 is 5.32 Å². The molecule has 0 aliphatic carbocycles. The summed E-state index contributed by atoms with van der Waals surface area (Å²) in [7, 11) is 0. The number of aromatic nitrogens is 2. The SMILES string of the molecule is CCC(NC(=O)c1cnc(C)cn1)c1ccc(C)cc1. The maximum absolute atomic E-state index is 12.2. The number of amides is 1. The maximum Gasteiger partial charge on any atom is 0.271 e. The van der Waals surface area contributed by atoms with Crippen molar-refractivity contribution in [2.24, 2.45) is 0 Å². The highest BCUT2D eigenvalue weighted by Gasteiger charge is 2.15. The average Bonchev–Trinajstić information content (AvgIpc) is 2.46. The van der Waals surface area contributed by atoms with Crippen LogP contribution in [0, 0.1) is 13.8 Å². The first-order valence-corrected chi connectivity index (χ1v) is 6.76. The van der Waals surface area contributed by atoms with Crippen molar-refractivity contribution in [3.05, 3.63) is 59.2 Å². The van der Waals surface area contributed by atoms with Crippen LogP contribution in [-0.2, 0) is 0 Å². The molecule has 0 aliphatic rings. The molecule has 0 bridgehead atoms. The normalized spacial score (nSPS) is 11.9. The Morgan fingerprint density at radius 3 is 2.40 bits per heavy atom. The van der Waals surface area contributed by atoms with Gasteiger partial charge in [-0.3, -0.25) is 9.78 Å². The zero-order valence-electron chi connectivity index (χ0n) is 12.1. The number of benzene rings is 1. The van der Waals surface area contributed by atoms with E-state index in [9.17, 15) is 4.79 Å². The largest absolute Gasteiger partial charge is 0.344 e. The summed E-state index contributed by atoms with van der Waals surface area (Å²) < 4.78 is 0. The van der Waals surface area contributed by atoms with Crippen molar-refractivity contribution in [3.8, 4) is 0 Å². The average molecular weight is 269 g/mol. The number of hydrogen-bond acceptors (Lipinski definition) is 3. The standard InChI is InChI=1S/C16H19N3O/c1-4-14(13-7-5-11(2)6-8-13)19-16(20)15-10-17-12(3)9-18-15/h5-10,14H,4H2,1-3H3,(H,19,20). The van der Waals surface area contributed by atoms with Crippen molar-refractivity contribution in [2.75, 3.05) is 0 Å². The van der Waals surface area contributed by atoms with Crippen molar-refractivity contribution in [3.63, 3.8) is 0 Å². The Bertz CT molecular complexity index is 576. The Balaban J connectivity index is 2.11. The van der Waals surface area contributed by atoms with Gasteiger partial charge in [-0.05, 0) is 25.8 Å². The van der Waals surface area contributed by atoms with Gasteiger partial charge in [0.25, 0.3) is 5.91 Å². The third kappa shape index (κ3) is 3.41. The van der Waals surface area contributed by atoms with Gasteiger partial charge >= 0.3 is 0 Å². The van der Waals surface area contributed by atoms with Crippen molar-refractivity contribution >= 4 is 5.91 Å². The first-order valence-electron chi connectivity index (χ1n) is 6.76. The molecule has 1 unspecified atom stereocenters. The minimum atomic E-state index is -0.190. The molecule has 104 valence electrons. The molecule has 20 heavy (non-hydrogen) atoms. The quantitative estimate of drug-likeness (QED) is 0.928. The first kappa shape index (κ1) is 14.2. The molecule has 4 heteroatoms. The van der Waals surface area contributed by atoms with Crippen molar-refractivity contribution in [2.45, 2.75) is 33.2 Å². The predicted octanol–water partition coefficient (Wildman–Crippen LogP) is 2.97. The molecule has 0 saturated heterocycles. The fraction of sp³-hybridized carbons (Fsp3) is 0.312. The number of nitrogens with one attached hydrogen (secondary N) is 1. The van der Waals surface area contributed by atoms with Crippen molar-refractivity contribution < 1.29 is 4.79 Å². The lowest BCUT2D eigenvalue weighted by atomic mass is 10.0. The van der Waals surface area contributed by atoms with E-state index in [2.05, 4.69) is 27.4 Å². The van der Waals surface area contributed by atoms with Gasteiger partial charge in [0.2, 0.25) is 0 Å². The van der Waals surface area contributed by atoms with E-state index in [1.807, 2.05) is 32.9 Å². The third-order valence-electron chi connectivity index (χ3n) is 3.21.